The van der Waals surface area contributed by atoms with E-state index in [9.17, 15) is 0 Å². The summed E-state index contributed by atoms with van der Waals surface area (Å²) in [5, 5.41) is 3.65. The van der Waals surface area contributed by atoms with Crippen LogP contribution in [0.3, 0.4) is 0 Å². The predicted octanol–water partition coefficient (Wildman–Crippen LogP) is 2.51. The van der Waals surface area contributed by atoms with Crippen LogP contribution in [0.1, 0.15) is 47.0 Å². The third kappa shape index (κ3) is 5.68. The van der Waals surface area contributed by atoms with E-state index in [2.05, 4.69) is 45.0 Å². The average molecular weight is 256 g/mol. The molecule has 0 bridgehead atoms. The second-order valence-electron chi connectivity index (χ2n) is 6.49. The molecule has 1 heterocycles. The predicted molar refractivity (Wildman–Crippen MR) is 78.0 cm³/mol. The summed E-state index contributed by atoms with van der Waals surface area (Å²) in [5.74, 6) is 0.727. The smallest absolute Gasteiger partial charge is 0.0506 e. The summed E-state index contributed by atoms with van der Waals surface area (Å²) in [6.07, 6.45) is 3.72. The molecule has 18 heavy (non-hydrogen) atoms. The van der Waals surface area contributed by atoms with E-state index in [0.29, 0.717) is 6.04 Å². The molecule has 1 N–H and O–H groups in total. The Morgan fingerprint density at radius 3 is 2.72 bits per heavy atom. The van der Waals surface area contributed by atoms with Gasteiger partial charge in [0.2, 0.25) is 0 Å². The fraction of sp³-hybridized carbons (Fsp3) is 1.00. The van der Waals surface area contributed by atoms with Crippen molar-refractivity contribution in [3.8, 4) is 0 Å². The zero-order chi connectivity index (χ0) is 13.6. The van der Waals surface area contributed by atoms with Gasteiger partial charge in [-0.05, 0) is 53.0 Å². The van der Waals surface area contributed by atoms with Crippen LogP contribution in [0, 0.1) is 5.92 Å². The molecule has 0 saturated carbocycles. The lowest BCUT2D eigenvalue weighted by atomic mass is 10.0. The lowest BCUT2D eigenvalue weighted by Crippen LogP contribution is -2.47. The number of rotatable bonds is 7. The van der Waals surface area contributed by atoms with Crippen LogP contribution in [0.15, 0.2) is 0 Å². The Hall–Kier alpha value is -0.120. The van der Waals surface area contributed by atoms with Gasteiger partial charge < -0.3 is 15.0 Å². The quantitative estimate of drug-likeness (QED) is 0.757. The molecule has 1 rings (SSSR count). The molecular formula is C15H32N2O. The van der Waals surface area contributed by atoms with Crippen molar-refractivity contribution in [2.75, 3.05) is 33.4 Å². The van der Waals surface area contributed by atoms with E-state index in [-0.39, 0.29) is 5.54 Å². The number of ether oxygens (including phenoxy) is 1. The van der Waals surface area contributed by atoms with Crippen LogP contribution in [0.4, 0.5) is 0 Å². The number of likely N-dealkylation sites (N-methyl/N-ethyl adjacent to an activating group) is 1. The summed E-state index contributed by atoms with van der Waals surface area (Å²) in [5.41, 5.74) is 0.253. The minimum Gasteiger partial charge on any atom is -0.381 e. The molecule has 3 nitrogen and oxygen atoms in total. The van der Waals surface area contributed by atoms with Crippen LogP contribution in [0.25, 0.3) is 0 Å². The average Bonchev–Trinajstić information content (AvgIpc) is 2.37. The first-order valence-electron chi connectivity index (χ1n) is 7.47. The molecule has 0 aromatic heterocycles. The minimum atomic E-state index is 0.253. The number of hydrogen-bond acceptors (Lipinski definition) is 3. The van der Waals surface area contributed by atoms with Gasteiger partial charge in [0.1, 0.15) is 0 Å². The molecule has 2 atom stereocenters. The maximum absolute atomic E-state index is 5.55. The van der Waals surface area contributed by atoms with E-state index in [1.807, 2.05) is 0 Å². The van der Waals surface area contributed by atoms with Gasteiger partial charge in [0, 0.05) is 31.3 Å². The molecule has 0 aromatic rings. The maximum atomic E-state index is 5.55. The molecule has 0 spiro atoms. The first kappa shape index (κ1) is 15.9. The monoisotopic (exact) mass is 256 g/mol. The van der Waals surface area contributed by atoms with E-state index in [1.165, 1.54) is 19.3 Å². The Kier molecular flexibility index (Phi) is 6.61. The molecule has 1 fully saturated rings. The highest BCUT2D eigenvalue weighted by Gasteiger charge is 2.20. The van der Waals surface area contributed by atoms with Crippen LogP contribution in [0.5, 0.6) is 0 Å². The third-order valence-electron chi connectivity index (χ3n) is 4.31. The molecule has 3 heteroatoms. The summed E-state index contributed by atoms with van der Waals surface area (Å²) < 4.78 is 5.55. The molecular weight excluding hydrogens is 224 g/mol. The van der Waals surface area contributed by atoms with Crippen molar-refractivity contribution in [3.05, 3.63) is 0 Å². The van der Waals surface area contributed by atoms with Gasteiger partial charge in [-0.15, -0.1) is 0 Å². The largest absolute Gasteiger partial charge is 0.381 e. The van der Waals surface area contributed by atoms with Crippen LogP contribution in [-0.4, -0.2) is 49.8 Å². The Bertz CT molecular complexity index is 225. The van der Waals surface area contributed by atoms with Crippen LogP contribution < -0.4 is 5.32 Å². The molecule has 0 aromatic carbocycles. The highest BCUT2D eigenvalue weighted by atomic mass is 16.5. The molecule has 1 saturated heterocycles. The van der Waals surface area contributed by atoms with Gasteiger partial charge in [0.05, 0.1) is 6.61 Å². The second-order valence-corrected chi connectivity index (χ2v) is 6.49. The molecule has 0 aliphatic carbocycles. The molecule has 108 valence electrons. The fourth-order valence-corrected chi connectivity index (χ4v) is 2.24. The summed E-state index contributed by atoms with van der Waals surface area (Å²) in [6.45, 7) is 13.2. The van der Waals surface area contributed by atoms with Gasteiger partial charge in [-0.25, -0.2) is 0 Å². The van der Waals surface area contributed by atoms with Crippen molar-refractivity contribution in [3.63, 3.8) is 0 Å². The molecule has 2 unspecified atom stereocenters. The molecule has 0 radical (unpaired) electrons. The van der Waals surface area contributed by atoms with Crippen molar-refractivity contribution in [2.45, 2.75) is 58.5 Å². The van der Waals surface area contributed by atoms with Crippen LogP contribution >= 0.6 is 0 Å². The standard InChI is InChI=1S/C15H32N2O/c1-6-15(3,4)16-10-13(2)17(5)11-14-8-7-9-18-12-14/h13-14,16H,6-12H2,1-5H3. The Morgan fingerprint density at radius 2 is 2.17 bits per heavy atom. The fourth-order valence-electron chi connectivity index (χ4n) is 2.24. The van der Waals surface area contributed by atoms with E-state index < -0.39 is 0 Å². The first-order chi connectivity index (χ1) is 8.44. The number of nitrogens with one attached hydrogen (secondary N) is 1. The van der Waals surface area contributed by atoms with Crippen molar-refractivity contribution >= 4 is 0 Å². The molecule has 0 amide bonds. The van der Waals surface area contributed by atoms with Gasteiger partial charge in [-0.3, -0.25) is 0 Å². The molecule has 1 aliphatic rings. The number of hydrogen-bond donors (Lipinski definition) is 1. The second kappa shape index (κ2) is 7.46. The Balaban J connectivity index is 2.25. The Labute approximate surface area is 113 Å². The van der Waals surface area contributed by atoms with Crippen molar-refractivity contribution in [2.24, 2.45) is 5.92 Å². The van der Waals surface area contributed by atoms with E-state index in [4.69, 9.17) is 4.74 Å². The SMILES string of the molecule is CCC(C)(C)NCC(C)N(C)CC1CCCOC1. The highest BCUT2D eigenvalue weighted by Crippen LogP contribution is 2.15. The lowest BCUT2D eigenvalue weighted by molar-refractivity contribution is 0.0368. The maximum Gasteiger partial charge on any atom is 0.0506 e. The first-order valence-corrected chi connectivity index (χ1v) is 7.47. The van der Waals surface area contributed by atoms with Crippen molar-refractivity contribution in [1.29, 1.82) is 0 Å². The van der Waals surface area contributed by atoms with E-state index >= 15 is 0 Å². The zero-order valence-corrected chi connectivity index (χ0v) is 13.0. The van der Waals surface area contributed by atoms with Gasteiger partial charge in [0.15, 0.2) is 0 Å². The minimum absolute atomic E-state index is 0.253. The van der Waals surface area contributed by atoms with Crippen LogP contribution in [0.2, 0.25) is 0 Å². The number of nitrogens with zero attached hydrogens (tertiary/aromatic N) is 1. The van der Waals surface area contributed by atoms with E-state index in [1.54, 1.807) is 0 Å². The molecule has 1 aliphatic heterocycles. The van der Waals surface area contributed by atoms with Gasteiger partial charge >= 0.3 is 0 Å². The summed E-state index contributed by atoms with van der Waals surface area (Å²) in [7, 11) is 2.24. The van der Waals surface area contributed by atoms with Gasteiger partial charge in [-0.1, -0.05) is 6.92 Å². The normalized spacial score (nSPS) is 23.3. The summed E-state index contributed by atoms with van der Waals surface area (Å²) in [6, 6.07) is 0.581. The van der Waals surface area contributed by atoms with Crippen LogP contribution in [-0.2, 0) is 4.74 Å². The Morgan fingerprint density at radius 1 is 1.44 bits per heavy atom. The summed E-state index contributed by atoms with van der Waals surface area (Å²) in [4.78, 5) is 2.47. The summed E-state index contributed by atoms with van der Waals surface area (Å²) >= 11 is 0. The van der Waals surface area contributed by atoms with E-state index in [0.717, 1.165) is 32.2 Å². The lowest BCUT2D eigenvalue weighted by Gasteiger charge is -2.33. The highest BCUT2D eigenvalue weighted by molar-refractivity contribution is 4.79. The zero-order valence-electron chi connectivity index (χ0n) is 13.0. The van der Waals surface area contributed by atoms with Gasteiger partial charge in [0.25, 0.3) is 0 Å². The van der Waals surface area contributed by atoms with Crippen molar-refractivity contribution in [1.82, 2.24) is 10.2 Å². The van der Waals surface area contributed by atoms with Crippen molar-refractivity contribution < 1.29 is 4.74 Å². The topological polar surface area (TPSA) is 24.5 Å². The van der Waals surface area contributed by atoms with Gasteiger partial charge in [-0.2, -0.15) is 0 Å². The third-order valence-corrected chi connectivity index (χ3v) is 4.31.